The summed E-state index contributed by atoms with van der Waals surface area (Å²) in [6, 6.07) is 15.5. The molecule has 2 aromatic rings. The van der Waals surface area contributed by atoms with E-state index in [1.165, 1.54) is 5.56 Å². The lowest BCUT2D eigenvalue weighted by molar-refractivity contribution is 0.0940. The molecule has 0 aliphatic rings. The molecule has 0 saturated heterocycles. The van der Waals surface area contributed by atoms with E-state index in [0.717, 1.165) is 11.3 Å². The summed E-state index contributed by atoms with van der Waals surface area (Å²) in [7, 11) is 1.61. The molecule has 22 heavy (non-hydrogen) atoms. The van der Waals surface area contributed by atoms with Crippen LogP contribution >= 0.6 is 0 Å². The molecule has 0 spiro atoms. The Morgan fingerprint density at radius 3 is 1.95 bits per heavy atom. The molecular formula is C19H23NO2. The monoisotopic (exact) mass is 297 g/mol. The standard InChI is InChI=1S/C19H23NO2/c1-13(2)15-5-7-16(8-6-15)14(3)20-19(21)17-9-11-18(22-4)12-10-17/h5-14H,1-4H3,(H,20,21). The van der Waals surface area contributed by atoms with Crippen LogP contribution in [0.2, 0.25) is 0 Å². The fraction of sp³-hybridized carbons (Fsp3) is 0.316. The molecule has 0 bridgehead atoms. The minimum absolute atomic E-state index is 0.0317. The van der Waals surface area contributed by atoms with Gasteiger partial charge < -0.3 is 10.1 Å². The summed E-state index contributed by atoms with van der Waals surface area (Å²) in [5.41, 5.74) is 3.04. The molecule has 2 rings (SSSR count). The Balaban J connectivity index is 2.03. The van der Waals surface area contributed by atoms with E-state index in [1.54, 1.807) is 31.4 Å². The van der Waals surface area contributed by atoms with Crippen LogP contribution in [0.5, 0.6) is 5.75 Å². The van der Waals surface area contributed by atoms with Crippen molar-refractivity contribution in [3.8, 4) is 5.75 Å². The highest BCUT2D eigenvalue weighted by Gasteiger charge is 2.11. The molecule has 0 aliphatic heterocycles. The predicted octanol–water partition coefficient (Wildman–Crippen LogP) is 4.31. The van der Waals surface area contributed by atoms with Gasteiger partial charge in [-0.1, -0.05) is 38.1 Å². The predicted molar refractivity (Wildman–Crippen MR) is 89.4 cm³/mol. The summed E-state index contributed by atoms with van der Waals surface area (Å²) in [6.07, 6.45) is 0. The van der Waals surface area contributed by atoms with Gasteiger partial charge in [0.2, 0.25) is 0 Å². The van der Waals surface area contributed by atoms with Gasteiger partial charge in [-0.2, -0.15) is 0 Å². The first-order valence-corrected chi connectivity index (χ1v) is 7.56. The van der Waals surface area contributed by atoms with Gasteiger partial charge in [0.15, 0.2) is 0 Å². The Bertz CT molecular complexity index is 615. The fourth-order valence-electron chi connectivity index (χ4n) is 2.28. The van der Waals surface area contributed by atoms with Crippen molar-refractivity contribution in [2.24, 2.45) is 0 Å². The molecule has 3 nitrogen and oxygen atoms in total. The average Bonchev–Trinajstić information content (AvgIpc) is 2.54. The second-order valence-electron chi connectivity index (χ2n) is 5.75. The molecule has 2 aromatic carbocycles. The smallest absolute Gasteiger partial charge is 0.251 e. The SMILES string of the molecule is COc1ccc(C(=O)NC(C)c2ccc(C(C)C)cc2)cc1. The van der Waals surface area contributed by atoms with Gasteiger partial charge >= 0.3 is 0 Å². The molecule has 0 aliphatic carbocycles. The molecular weight excluding hydrogens is 274 g/mol. The second-order valence-corrected chi connectivity index (χ2v) is 5.75. The maximum atomic E-state index is 12.3. The van der Waals surface area contributed by atoms with E-state index < -0.39 is 0 Å². The zero-order valence-corrected chi connectivity index (χ0v) is 13.6. The summed E-state index contributed by atoms with van der Waals surface area (Å²) in [4.78, 5) is 12.3. The van der Waals surface area contributed by atoms with E-state index in [0.29, 0.717) is 11.5 Å². The Morgan fingerprint density at radius 1 is 0.909 bits per heavy atom. The molecule has 3 heteroatoms. The third-order valence-corrected chi connectivity index (χ3v) is 3.80. The quantitative estimate of drug-likeness (QED) is 0.893. The van der Waals surface area contributed by atoms with Crippen LogP contribution in [0, 0.1) is 0 Å². The Labute approximate surface area is 132 Å². The molecule has 1 amide bonds. The lowest BCUT2D eigenvalue weighted by Crippen LogP contribution is -2.26. The number of amides is 1. The van der Waals surface area contributed by atoms with E-state index in [9.17, 15) is 4.79 Å². The molecule has 0 heterocycles. The van der Waals surface area contributed by atoms with Gasteiger partial charge in [0.25, 0.3) is 5.91 Å². The van der Waals surface area contributed by atoms with E-state index in [2.05, 4.69) is 43.4 Å². The van der Waals surface area contributed by atoms with Gasteiger partial charge in [-0.15, -0.1) is 0 Å². The second kappa shape index (κ2) is 7.12. The zero-order chi connectivity index (χ0) is 16.1. The lowest BCUT2D eigenvalue weighted by atomic mass is 9.99. The Morgan fingerprint density at radius 2 is 1.45 bits per heavy atom. The minimum Gasteiger partial charge on any atom is -0.497 e. The normalized spacial score (nSPS) is 12.0. The minimum atomic E-state index is -0.0805. The van der Waals surface area contributed by atoms with Crippen LogP contribution < -0.4 is 10.1 Å². The van der Waals surface area contributed by atoms with Crippen molar-refractivity contribution in [1.29, 1.82) is 0 Å². The van der Waals surface area contributed by atoms with E-state index >= 15 is 0 Å². The number of rotatable bonds is 5. The summed E-state index contributed by atoms with van der Waals surface area (Å²) in [5.74, 6) is 1.18. The highest BCUT2D eigenvalue weighted by Crippen LogP contribution is 2.19. The van der Waals surface area contributed by atoms with Crippen molar-refractivity contribution in [2.75, 3.05) is 7.11 Å². The number of carbonyl (C=O) groups is 1. The van der Waals surface area contributed by atoms with Crippen molar-refractivity contribution in [2.45, 2.75) is 32.7 Å². The first-order valence-electron chi connectivity index (χ1n) is 7.56. The van der Waals surface area contributed by atoms with Crippen molar-refractivity contribution >= 4 is 5.91 Å². The van der Waals surface area contributed by atoms with Crippen LogP contribution in [-0.4, -0.2) is 13.0 Å². The van der Waals surface area contributed by atoms with E-state index in [1.807, 2.05) is 6.92 Å². The van der Waals surface area contributed by atoms with Gasteiger partial charge in [0, 0.05) is 5.56 Å². The first-order chi connectivity index (χ1) is 10.5. The highest BCUT2D eigenvalue weighted by atomic mass is 16.5. The number of hydrogen-bond donors (Lipinski definition) is 1. The van der Waals surface area contributed by atoms with Crippen molar-refractivity contribution in [3.05, 3.63) is 65.2 Å². The van der Waals surface area contributed by atoms with Crippen LogP contribution in [0.1, 0.15) is 54.2 Å². The fourth-order valence-corrected chi connectivity index (χ4v) is 2.28. The molecule has 0 aromatic heterocycles. The third-order valence-electron chi connectivity index (χ3n) is 3.80. The molecule has 0 saturated carbocycles. The van der Waals surface area contributed by atoms with E-state index in [-0.39, 0.29) is 11.9 Å². The van der Waals surface area contributed by atoms with E-state index in [4.69, 9.17) is 4.74 Å². The largest absolute Gasteiger partial charge is 0.497 e. The van der Waals surface area contributed by atoms with Crippen LogP contribution in [0.3, 0.4) is 0 Å². The Hall–Kier alpha value is -2.29. The highest BCUT2D eigenvalue weighted by molar-refractivity contribution is 5.94. The van der Waals surface area contributed by atoms with Crippen molar-refractivity contribution in [1.82, 2.24) is 5.32 Å². The van der Waals surface area contributed by atoms with Crippen LogP contribution in [0.15, 0.2) is 48.5 Å². The molecule has 1 unspecified atom stereocenters. The number of carbonyl (C=O) groups excluding carboxylic acids is 1. The topological polar surface area (TPSA) is 38.3 Å². The number of ether oxygens (including phenoxy) is 1. The summed E-state index contributed by atoms with van der Waals surface area (Å²) >= 11 is 0. The first kappa shape index (κ1) is 16.1. The summed E-state index contributed by atoms with van der Waals surface area (Å²) in [6.45, 7) is 6.33. The molecule has 0 fully saturated rings. The maximum Gasteiger partial charge on any atom is 0.251 e. The average molecular weight is 297 g/mol. The maximum absolute atomic E-state index is 12.3. The summed E-state index contributed by atoms with van der Waals surface area (Å²) < 4.78 is 5.10. The van der Waals surface area contributed by atoms with Gasteiger partial charge in [-0.25, -0.2) is 0 Å². The van der Waals surface area contributed by atoms with Gasteiger partial charge in [0.05, 0.1) is 13.2 Å². The third kappa shape index (κ3) is 3.88. The number of benzene rings is 2. The molecule has 1 N–H and O–H groups in total. The van der Waals surface area contributed by atoms with Crippen LogP contribution in [-0.2, 0) is 0 Å². The van der Waals surface area contributed by atoms with Crippen molar-refractivity contribution < 1.29 is 9.53 Å². The van der Waals surface area contributed by atoms with Gasteiger partial charge in [-0.3, -0.25) is 4.79 Å². The number of hydrogen-bond acceptors (Lipinski definition) is 2. The zero-order valence-electron chi connectivity index (χ0n) is 13.6. The van der Waals surface area contributed by atoms with Crippen LogP contribution in [0.4, 0.5) is 0 Å². The molecule has 1 atom stereocenters. The summed E-state index contributed by atoms with van der Waals surface area (Å²) in [5, 5.41) is 3.02. The van der Waals surface area contributed by atoms with Crippen LogP contribution in [0.25, 0.3) is 0 Å². The number of methoxy groups -OCH3 is 1. The van der Waals surface area contributed by atoms with Crippen molar-refractivity contribution in [3.63, 3.8) is 0 Å². The Kier molecular flexibility index (Phi) is 5.21. The lowest BCUT2D eigenvalue weighted by Gasteiger charge is -2.15. The van der Waals surface area contributed by atoms with Gasteiger partial charge in [-0.05, 0) is 48.2 Å². The molecule has 116 valence electrons. The number of nitrogens with one attached hydrogen (secondary N) is 1. The van der Waals surface area contributed by atoms with Gasteiger partial charge in [0.1, 0.15) is 5.75 Å². The molecule has 0 radical (unpaired) electrons.